The van der Waals surface area contributed by atoms with E-state index in [0.29, 0.717) is 16.4 Å². The molecule has 4 heterocycles. The smallest absolute Gasteiger partial charge is 0.215 e. The van der Waals surface area contributed by atoms with Crippen molar-refractivity contribution in [1.29, 1.82) is 0 Å². The van der Waals surface area contributed by atoms with Crippen molar-refractivity contribution >= 4 is 48.7 Å². The Hall–Kier alpha value is -1.72. The van der Waals surface area contributed by atoms with Crippen molar-refractivity contribution in [1.82, 2.24) is 19.5 Å². The van der Waals surface area contributed by atoms with Gasteiger partial charge in [-0.3, -0.25) is 13.7 Å². The number of nitrogens with two attached hydrogens (primary N) is 2. The van der Waals surface area contributed by atoms with Crippen LogP contribution in [-0.2, 0) is 36.4 Å². The zero-order chi connectivity index (χ0) is 26.6. The van der Waals surface area contributed by atoms with Crippen LogP contribution in [0.3, 0.4) is 0 Å². The van der Waals surface area contributed by atoms with Gasteiger partial charge in [-0.1, -0.05) is 0 Å². The van der Waals surface area contributed by atoms with Crippen LogP contribution in [0.4, 0.5) is 5.82 Å². The lowest BCUT2D eigenvalue weighted by molar-refractivity contribution is -0.635. The van der Waals surface area contributed by atoms with Crippen molar-refractivity contribution in [3.8, 4) is 0 Å². The molecule has 2 saturated heterocycles. The Kier molecular flexibility index (Phi) is 10.1. The molecule has 0 amide bonds. The molecule has 0 bridgehead atoms. The highest BCUT2D eigenvalue weighted by atomic mass is 32.3. The molecule has 0 radical (unpaired) electrons. The lowest BCUT2D eigenvalue weighted by Crippen LogP contribution is -2.81. The van der Waals surface area contributed by atoms with Gasteiger partial charge in [0.25, 0.3) is 0 Å². The minimum Gasteiger partial charge on any atom is -0.726 e. The third-order valence-electron chi connectivity index (χ3n) is 5.12. The third kappa shape index (κ3) is 9.34. The van der Waals surface area contributed by atoms with Crippen LogP contribution < -0.4 is 11.1 Å². The van der Waals surface area contributed by atoms with Crippen LogP contribution in [0.5, 0.6) is 0 Å². The Balaban J connectivity index is 0.000000368. The molecule has 200 valence electrons. The summed E-state index contributed by atoms with van der Waals surface area (Å²) in [6.07, 6.45) is 3.21. The number of nitrogen functional groups attached to an aromatic ring is 1. The summed E-state index contributed by atoms with van der Waals surface area (Å²) in [7, 11) is -9.69. The normalized spacial score (nSPS) is 27.6. The zero-order valence-electron chi connectivity index (χ0n) is 18.2. The maximum absolute atomic E-state index is 10.5. The Bertz CT molecular complexity index is 1140. The van der Waals surface area contributed by atoms with E-state index in [1.807, 2.05) is 0 Å². The van der Waals surface area contributed by atoms with E-state index in [-0.39, 0.29) is 16.7 Å². The molecule has 2 aliphatic rings. The molecule has 0 aliphatic carbocycles. The number of aliphatic hydroxyl groups is 2. The number of quaternary nitrogens is 1. The van der Waals surface area contributed by atoms with E-state index in [2.05, 4.69) is 26.5 Å². The van der Waals surface area contributed by atoms with E-state index in [1.54, 1.807) is 4.57 Å². The van der Waals surface area contributed by atoms with E-state index in [4.69, 9.17) is 45.5 Å². The number of ether oxygens (including phenoxy) is 1. The molecule has 0 aromatic carbocycles. The fourth-order valence-electron chi connectivity index (χ4n) is 3.64. The summed E-state index contributed by atoms with van der Waals surface area (Å²) in [5.41, 5.74) is 6.77. The van der Waals surface area contributed by atoms with Gasteiger partial charge in [-0.2, -0.15) is 0 Å². The molecule has 8 N–H and O–H groups in total. The van der Waals surface area contributed by atoms with Crippen LogP contribution in [0.2, 0.25) is 0 Å². The maximum Gasteiger partial charge on any atom is 0.215 e. The predicted octanol–water partition coefficient (Wildman–Crippen LogP) is -4.38. The van der Waals surface area contributed by atoms with Crippen molar-refractivity contribution in [2.75, 3.05) is 30.8 Å². The largest absolute Gasteiger partial charge is 0.726 e. The average molecular weight is 563 g/mol. The molecule has 6 unspecified atom stereocenters. The van der Waals surface area contributed by atoms with Gasteiger partial charge in [0.15, 0.2) is 22.9 Å². The first-order valence-corrected chi connectivity index (χ1v) is 14.4. The highest BCUT2D eigenvalue weighted by molar-refractivity contribution is 7.96. The molecular weight excluding hydrogens is 536 g/mol. The molecule has 35 heavy (non-hydrogen) atoms. The van der Waals surface area contributed by atoms with Crippen LogP contribution in [0.25, 0.3) is 11.2 Å². The van der Waals surface area contributed by atoms with Crippen molar-refractivity contribution < 1.29 is 55.3 Å². The van der Waals surface area contributed by atoms with Crippen LogP contribution in [0.15, 0.2) is 12.7 Å². The van der Waals surface area contributed by atoms with E-state index in [1.165, 1.54) is 25.6 Å². The zero-order valence-corrected chi connectivity index (χ0v) is 20.6. The number of aliphatic hydroxyl groups excluding tert-OH is 2. The van der Waals surface area contributed by atoms with Gasteiger partial charge < -0.3 is 35.1 Å². The third-order valence-corrected chi connectivity index (χ3v) is 7.54. The van der Waals surface area contributed by atoms with Crippen LogP contribution in [-0.4, -0.2) is 113 Å². The summed E-state index contributed by atoms with van der Waals surface area (Å²) in [6.45, 7) is 2.31. The Morgan fingerprint density at radius 3 is 2.31 bits per heavy atom. The standard InChI is InChI=1S/C15H23N6O3S.2H2O4S/c1-25(8-2-3-17-4-8)5-9-11(22)12(23)15(24-9)21-7-20-10-13(16)18-6-19-14(10)21;2*1-5(2,3)4/h6-9,11-12,15,17,22-23H,2-5H2,1H3,(H2,16,18,19);2*(H2,1,2,3,4)/q+1;;/p-1. The number of hydrogen-bond donors (Lipinski definition) is 6. The fraction of sp³-hybridized carbons (Fsp3) is 0.667. The average Bonchev–Trinajstić information content (AvgIpc) is 3.42. The molecule has 0 saturated carbocycles. The fourth-order valence-corrected chi connectivity index (χ4v) is 5.71. The number of anilines is 1. The summed E-state index contributed by atoms with van der Waals surface area (Å²) in [6, 6.07) is 0. The number of nitrogens with zero attached hydrogens (tertiary/aromatic N) is 4. The SMILES string of the molecule is C[S+](CC1OC(n2cnc3c(N)ncnc32)C(O)C1O)C1CC[NH2+]C1.O=S(=O)([O-])O.O=S(=O)([O-])O. The van der Waals surface area contributed by atoms with Gasteiger partial charge in [0.2, 0.25) is 20.8 Å². The topological polar surface area (TPSA) is 291 Å². The number of imidazole rings is 1. The number of fused-ring (bicyclic) bond motifs is 1. The second-order valence-electron chi connectivity index (χ2n) is 7.57. The van der Waals surface area contributed by atoms with E-state index >= 15 is 0 Å². The summed E-state index contributed by atoms with van der Waals surface area (Å²) in [4.78, 5) is 12.3. The molecule has 17 nitrogen and oxygen atoms in total. The quantitative estimate of drug-likeness (QED) is 0.116. The number of rotatable bonds is 4. The number of hydrogen-bond acceptors (Lipinski definition) is 13. The van der Waals surface area contributed by atoms with Gasteiger partial charge in [0, 0.05) is 6.42 Å². The van der Waals surface area contributed by atoms with Gasteiger partial charge in [-0.25, -0.2) is 31.8 Å². The summed E-state index contributed by atoms with van der Waals surface area (Å²) in [5.74, 6) is 1.03. The Morgan fingerprint density at radius 1 is 1.17 bits per heavy atom. The van der Waals surface area contributed by atoms with Gasteiger partial charge in [-0.15, -0.1) is 0 Å². The lowest BCUT2D eigenvalue weighted by Gasteiger charge is -2.16. The minimum absolute atomic E-state index is 0.139. The van der Waals surface area contributed by atoms with Crippen molar-refractivity contribution in [3.05, 3.63) is 12.7 Å². The highest BCUT2D eigenvalue weighted by Crippen LogP contribution is 2.33. The summed E-state index contributed by atoms with van der Waals surface area (Å²) >= 11 is 0. The molecule has 6 atom stereocenters. The van der Waals surface area contributed by atoms with Crippen molar-refractivity contribution in [2.45, 2.75) is 36.2 Å². The predicted molar refractivity (Wildman–Crippen MR) is 119 cm³/mol. The lowest BCUT2D eigenvalue weighted by atomic mass is 10.1. The van der Waals surface area contributed by atoms with Crippen LogP contribution in [0.1, 0.15) is 12.6 Å². The minimum atomic E-state index is -4.92. The van der Waals surface area contributed by atoms with E-state index in [0.717, 1.165) is 12.3 Å². The second-order valence-corrected chi connectivity index (χ2v) is 11.7. The van der Waals surface area contributed by atoms with Crippen LogP contribution in [0, 0.1) is 0 Å². The molecule has 2 fully saturated rings. The molecule has 2 aromatic rings. The Labute approximate surface area is 203 Å². The Morgan fingerprint density at radius 2 is 1.77 bits per heavy atom. The summed E-state index contributed by atoms with van der Waals surface area (Å²) < 4.78 is 73.3. The van der Waals surface area contributed by atoms with E-state index < -0.39 is 45.3 Å². The highest BCUT2D eigenvalue weighted by Gasteiger charge is 2.48. The first-order valence-electron chi connectivity index (χ1n) is 9.80. The van der Waals surface area contributed by atoms with Crippen molar-refractivity contribution in [3.63, 3.8) is 0 Å². The second kappa shape index (κ2) is 12.0. The van der Waals surface area contributed by atoms with Gasteiger partial charge in [0.05, 0.1) is 19.1 Å². The van der Waals surface area contributed by atoms with Gasteiger partial charge in [0.1, 0.15) is 42.5 Å². The monoisotopic (exact) mass is 562 g/mol. The first kappa shape index (κ1) is 29.5. The van der Waals surface area contributed by atoms with Crippen molar-refractivity contribution in [2.24, 2.45) is 0 Å². The molecule has 2 aliphatic heterocycles. The molecule has 4 rings (SSSR count). The van der Waals surface area contributed by atoms with E-state index in [9.17, 15) is 10.2 Å². The molecule has 20 heteroatoms. The first-order chi connectivity index (χ1) is 16.1. The molecule has 2 aromatic heterocycles. The van der Waals surface area contributed by atoms with Gasteiger partial charge >= 0.3 is 0 Å². The molecule has 0 spiro atoms. The maximum atomic E-state index is 10.5. The van der Waals surface area contributed by atoms with Crippen LogP contribution >= 0.6 is 0 Å². The van der Waals surface area contributed by atoms with Gasteiger partial charge in [-0.05, 0) is 10.9 Å². The molecular formula is C15H26N6O11S3. The summed E-state index contributed by atoms with van der Waals surface area (Å²) in [5, 5.41) is 24.0. The number of aromatic nitrogens is 4.